The quantitative estimate of drug-likeness (QED) is 0.369. The molecule has 0 aliphatic carbocycles. The summed E-state index contributed by atoms with van der Waals surface area (Å²) in [5.41, 5.74) is 4.53. The average molecular weight is 454 g/mol. The Morgan fingerprint density at radius 2 is 1.65 bits per heavy atom. The first kappa shape index (κ1) is 23.4. The third kappa shape index (κ3) is 4.51. The van der Waals surface area contributed by atoms with E-state index in [1.807, 2.05) is 98.5 Å². The SMILES string of the molecule is CCC(c1nc2ccccc2c(=O)n1-c1ccc(C)c(C)c1)N(CC)C(=O)Cc1ccccc1. The molecule has 0 saturated carbocycles. The zero-order valence-corrected chi connectivity index (χ0v) is 20.3. The van der Waals surface area contributed by atoms with Crippen LogP contribution in [-0.4, -0.2) is 26.9 Å². The molecule has 174 valence electrons. The van der Waals surface area contributed by atoms with Gasteiger partial charge in [-0.25, -0.2) is 4.98 Å². The molecule has 4 rings (SSSR count). The monoisotopic (exact) mass is 453 g/mol. The minimum Gasteiger partial charge on any atom is -0.332 e. The molecule has 0 saturated heterocycles. The van der Waals surface area contributed by atoms with Crippen molar-refractivity contribution in [2.75, 3.05) is 6.54 Å². The zero-order chi connectivity index (χ0) is 24.2. The second-order valence-corrected chi connectivity index (χ2v) is 8.66. The van der Waals surface area contributed by atoms with Crippen LogP contribution in [0.1, 0.15) is 48.8 Å². The van der Waals surface area contributed by atoms with Crippen LogP contribution in [0.2, 0.25) is 0 Å². The molecule has 4 aromatic rings. The first-order valence-electron chi connectivity index (χ1n) is 11.9. The largest absolute Gasteiger partial charge is 0.332 e. The molecule has 5 nitrogen and oxygen atoms in total. The van der Waals surface area contributed by atoms with E-state index in [9.17, 15) is 9.59 Å². The molecule has 0 aliphatic heterocycles. The molecular weight excluding hydrogens is 422 g/mol. The Bertz CT molecular complexity index is 1380. The maximum absolute atomic E-state index is 13.8. The highest BCUT2D eigenvalue weighted by Crippen LogP contribution is 2.27. The molecule has 1 amide bonds. The van der Waals surface area contributed by atoms with Crippen molar-refractivity contribution in [1.29, 1.82) is 0 Å². The Hall–Kier alpha value is -3.73. The van der Waals surface area contributed by atoms with Crippen molar-refractivity contribution in [2.24, 2.45) is 0 Å². The van der Waals surface area contributed by atoms with Gasteiger partial charge in [-0.2, -0.15) is 0 Å². The number of fused-ring (bicyclic) bond motifs is 1. The van der Waals surface area contributed by atoms with E-state index in [2.05, 4.69) is 6.92 Å². The topological polar surface area (TPSA) is 55.2 Å². The van der Waals surface area contributed by atoms with Crippen molar-refractivity contribution in [3.8, 4) is 5.69 Å². The molecule has 1 unspecified atom stereocenters. The molecule has 0 fully saturated rings. The van der Waals surface area contributed by atoms with E-state index < -0.39 is 0 Å². The maximum atomic E-state index is 13.8. The molecule has 5 heteroatoms. The minimum atomic E-state index is -0.333. The van der Waals surface area contributed by atoms with Gasteiger partial charge in [0.2, 0.25) is 5.91 Å². The first-order chi connectivity index (χ1) is 16.4. The molecular formula is C29H31N3O2. The summed E-state index contributed by atoms with van der Waals surface area (Å²) in [5.74, 6) is 0.618. The lowest BCUT2D eigenvalue weighted by molar-refractivity contribution is -0.133. The van der Waals surface area contributed by atoms with Gasteiger partial charge in [0.15, 0.2) is 0 Å². The predicted octanol–water partition coefficient (Wildman–Crippen LogP) is 5.54. The van der Waals surface area contributed by atoms with Gasteiger partial charge in [0.1, 0.15) is 5.82 Å². The van der Waals surface area contributed by atoms with E-state index in [0.717, 1.165) is 22.4 Å². The summed E-state index contributed by atoms with van der Waals surface area (Å²) >= 11 is 0. The lowest BCUT2D eigenvalue weighted by atomic mass is 10.1. The van der Waals surface area contributed by atoms with Crippen molar-refractivity contribution in [3.05, 3.63) is 106 Å². The number of hydrogen-bond donors (Lipinski definition) is 0. The molecule has 0 spiro atoms. The van der Waals surface area contributed by atoms with Crippen LogP contribution in [0.3, 0.4) is 0 Å². The molecule has 3 aromatic carbocycles. The number of para-hydroxylation sites is 1. The van der Waals surface area contributed by atoms with E-state index >= 15 is 0 Å². The smallest absolute Gasteiger partial charge is 0.266 e. The highest BCUT2D eigenvalue weighted by atomic mass is 16.2. The number of carbonyl (C=O) groups is 1. The number of aromatic nitrogens is 2. The summed E-state index contributed by atoms with van der Waals surface area (Å²) in [4.78, 5) is 34.0. The maximum Gasteiger partial charge on any atom is 0.266 e. The van der Waals surface area contributed by atoms with E-state index in [0.29, 0.717) is 36.1 Å². The Balaban J connectivity index is 1.88. The molecule has 34 heavy (non-hydrogen) atoms. The van der Waals surface area contributed by atoms with Gasteiger partial charge >= 0.3 is 0 Å². The molecule has 1 heterocycles. The summed E-state index contributed by atoms with van der Waals surface area (Å²) in [6.45, 7) is 8.63. The van der Waals surface area contributed by atoms with Gasteiger partial charge in [0.05, 0.1) is 29.1 Å². The highest BCUT2D eigenvalue weighted by Gasteiger charge is 2.28. The Labute approximate surface area is 200 Å². The van der Waals surface area contributed by atoms with Crippen molar-refractivity contribution >= 4 is 16.8 Å². The van der Waals surface area contributed by atoms with E-state index in [-0.39, 0.29) is 17.5 Å². The van der Waals surface area contributed by atoms with Crippen LogP contribution in [0.4, 0.5) is 0 Å². The number of nitrogens with zero attached hydrogens (tertiary/aromatic N) is 3. The summed E-state index contributed by atoms with van der Waals surface area (Å²) in [7, 11) is 0. The Morgan fingerprint density at radius 1 is 0.941 bits per heavy atom. The van der Waals surface area contributed by atoms with Crippen LogP contribution in [0.25, 0.3) is 16.6 Å². The van der Waals surface area contributed by atoms with Gasteiger partial charge in [-0.15, -0.1) is 0 Å². The number of rotatable bonds is 7. The lowest BCUT2D eigenvalue weighted by Crippen LogP contribution is -2.39. The number of amides is 1. The number of benzene rings is 3. The van der Waals surface area contributed by atoms with Crippen LogP contribution in [-0.2, 0) is 11.2 Å². The second-order valence-electron chi connectivity index (χ2n) is 8.66. The molecule has 0 aliphatic rings. The van der Waals surface area contributed by atoms with Gasteiger partial charge in [-0.05, 0) is 68.1 Å². The molecule has 0 N–H and O–H groups in total. The number of carbonyl (C=O) groups excluding carboxylic acids is 1. The van der Waals surface area contributed by atoms with Crippen molar-refractivity contribution in [1.82, 2.24) is 14.5 Å². The third-order valence-electron chi connectivity index (χ3n) is 6.47. The van der Waals surface area contributed by atoms with Gasteiger partial charge in [-0.3, -0.25) is 14.2 Å². The first-order valence-corrected chi connectivity index (χ1v) is 11.9. The van der Waals surface area contributed by atoms with Crippen LogP contribution in [0, 0.1) is 13.8 Å². The average Bonchev–Trinajstić information content (AvgIpc) is 2.85. The molecule has 0 bridgehead atoms. The Morgan fingerprint density at radius 3 is 2.32 bits per heavy atom. The van der Waals surface area contributed by atoms with Gasteiger partial charge in [-0.1, -0.05) is 55.5 Å². The van der Waals surface area contributed by atoms with E-state index in [1.54, 1.807) is 4.57 Å². The second kappa shape index (κ2) is 10.0. The number of likely N-dealkylation sites (N-methyl/N-ethyl adjacent to an activating group) is 1. The molecule has 1 atom stereocenters. The fourth-order valence-electron chi connectivity index (χ4n) is 4.47. The van der Waals surface area contributed by atoms with Gasteiger partial charge in [0.25, 0.3) is 5.56 Å². The standard InChI is InChI=1S/C29H31N3O2/c1-5-26(31(6-2)27(33)19-22-12-8-7-9-13-22)28-30-25-15-11-10-14-24(25)29(34)32(28)23-17-16-20(3)21(4)18-23/h7-18,26H,5-6,19H2,1-4H3. The molecule has 0 radical (unpaired) electrons. The third-order valence-corrected chi connectivity index (χ3v) is 6.47. The zero-order valence-electron chi connectivity index (χ0n) is 20.3. The fraction of sp³-hybridized carbons (Fsp3) is 0.276. The van der Waals surface area contributed by atoms with Crippen molar-refractivity contribution in [3.63, 3.8) is 0 Å². The van der Waals surface area contributed by atoms with Crippen LogP contribution in [0.15, 0.2) is 77.6 Å². The van der Waals surface area contributed by atoms with Gasteiger partial charge < -0.3 is 4.90 Å². The van der Waals surface area contributed by atoms with Crippen LogP contribution in [0.5, 0.6) is 0 Å². The highest BCUT2D eigenvalue weighted by molar-refractivity contribution is 5.80. The van der Waals surface area contributed by atoms with E-state index in [4.69, 9.17) is 4.98 Å². The fourth-order valence-corrected chi connectivity index (χ4v) is 4.47. The molecule has 1 aromatic heterocycles. The summed E-state index contributed by atoms with van der Waals surface area (Å²) in [6.07, 6.45) is 0.955. The van der Waals surface area contributed by atoms with E-state index in [1.165, 1.54) is 0 Å². The predicted molar refractivity (Wildman–Crippen MR) is 137 cm³/mol. The summed E-state index contributed by atoms with van der Waals surface area (Å²) in [5, 5.41) is 0.568. The van der Waals surface area contributed by atoms with Crippen LogP contribution >= 0.6 is 0 Å². The lowest BCUT2D eigenvalue weighted by Gasteiger charge is -2.31. The van der Waals surface area contributed by atoms with Crippen molar-refractivity contribution < 1.29 is 4.79 Å². The number of hydrogen-bond acceptors (Lipinski definition) is 3. The van der Waals surface area contributed by atoms with Gasteiger partial charge in [0, 0.05) is 6.54 Å². The van der Waals surface area contributed by atoms with Crippen LogP contribution < -0.4 is 5.56 Å². The normalized spacial score (nSPS) is 12.0. The summed E-state index contributed by atoms with van der Waals surface area (Å²) < 4.78 is 1.70. The summed E-state index contributed by atoms with van der Waals surface area (Å²) in [6, 6.07) is 22.8. The van der Waals surface area contributed by atoms with Crippen molar-refractivity contribution in [2.45, 2.75) is 46.6 Å². The minimum absolute atomic E-state index is 0.0228. The Kier molecular flexibility index (Phi) is 6.92. The number of aryl methyl sites for hydroxylation is 2.